The summed E-state index contributed by atoms with van der Waals surface area (Å²) in [6.07, 6.45) is 0. The first-order chi connectivity index (χ1) is 12.5. The highest BCUT2D eigenvalue weighted by Crippen LogP contribution is 2.31. The van der Waals surface area contributed by atoms with Gasteiger partial charge in [0.1, 0.15) is 0 Å². The third-order valence-corrected chi connectivity index (χ3v) is 8.36. The van der Waals surface area contributed by atoms with Gasteiger partial charge in [0.15, 0.2) is 10.3 Å². The van der Waals surface area contributed by atoms with E-state index in [1.165, 1.54) is 0 Å². The number of halogens is 2. The van der Waals surface area contributed by atoms with E-state index in [0.29, 0.717) is 0 Å². The van der Waals surface area contributed by atoms with Crippen LogP contribution in [0.3, 0.4) is 0 Å². The molecular formula is C16H24Br2N6S2. The minimum Gasteiger partial charge on any atom is -0.346 e. The fraction of sp³-hybridized carbons (Fsp3) is 0.625. The highest BCUT2D eigenvalue weighted by molar-refractivity contribution is 9.11. The summed E-state index contributed by atoms with van der Waals surface area (Å²) in [6, 6.07) is 0. The number of nitrogens with one attached hydrogen (secondary N) is 2. The van der Waals surface area contributed by atoms with Crippen molar-refractivity contribution in [3.63, 3.8) is 0 Å². The molecule has 2 aromatic rings. The molecule has 4 rings (SSSR count). The normalized spacial score (nSPS) is 17.8. The Morgan fingerprint density at radius 1 is 0.731 bits per heavy atom. The predicted molar refractivity (Wildman–Crippen MR) is 119 cm³/mol. The maximum Gasteiger partial charge on any atom is 0.186 e. The fourth-order valence-corrected chi connectivity index (χ4v) is 5.45. The Morgan fingerprint density at radius 3 is 1.35 bits per heavy atom. The Hall–Kier alpha value is -0.260. The summed E-state index contributed by atoms with van der Waals surface area (Å²) in [7, 11) is 0. The Kier molecular flexibility index (Phi) is 7.71. The lowest BCUT2D eigenvalue weighted by molar-refractivity contribution is 0.588. The first-order valence-electron chi connectivity index (χ1n) is 8.72. The predicted octanol–water partition coefficient (Wildman–Crippen LogP) is 3.25. The molecule has 2 aliphatic heterocycles. The van der Waals surface area contributed by atoms with Crippen LogP contribution in [0.5, 0.6) is 0 Å². The first kappa shape index (κ1) is 20.5. The van der Waals surface area contributed by atoms with Gasteiger partial charge in [-0.15, -0.1) is 0 Å². The van der Waals surface area contributed by atoms with Crippen molar-refractivity contribution in [1.82, 2.24) is 20.6 Å². The molecule has 2 N–H and O–H groups in total. The van der Waals surface area contributed by atoms with Crippen molar-refractivity contribution < 1.29 is 0 Å². The van der Waals surface area contributed by atoms with E-state index in [9.17, 15) is 0 Å². The third-order valence-electron chi connectivity index (χ3n) is 4.23. The van der Waals surface area contributed by atoms with E-state index >= 15 is 0 Å². The minimum atomic E-state index is 1.07. The Labute approximate surface area is 179 Å². The van der Waals surface area contributed by atoms with Crippen LogP contribution in [0, 0.1) is 13.8 Å². The number of rotatable bonds is 2. The maximum absolute atomic E-state index is 4.50. The quantitative estimate of drug-likeness (QED) is 0.630. The molecule has 2 aromatic heterocycles. The molecule has 2 fully saturated rings. The molecule has 0 spiro atoms. The highest BCUT2D eigenvalue weighted by atomic mass is 79.9. The van der Waals surface area contributed by atoms with E-state index in [0.717, 1.165) is 81.6 Å². The second kappa shape index (κ2) is 9.79. The van der Waals surface area contributed by atoms with E-state index in [2.05, 4.69) is 62.3 Å². The number of anilines is 2. The molecule has 0 atom stereocenters. The molecule has 10 heteroatoms. The Bertz CT molecular complexity index is 608. The summed E-state index contributed by atoms with van der Waals surface area (Å²) in [5.41, 5.74) is 2.19. The second-order valence-electron chi connectivity index (χ2n) is 6.19. The summed E-state index contributed by atoms with van der Waals surface area (Å²) in [5, 5.41) is 8.95. The monoisotopic (exact) mass is 522 g/mol. The summed E-state index contributed by atoms with van der Waals surface area (Å²) < 4.78 is 2.31. The lowest BCUT2D eigenvalue weighted by Crippen LogP contribution is -2.43. The molecule has 0 amide bonds. The zero-order chi connectivity index (χ0) is 18.5. The third kappa shape index (κ3) is 5.39. The van der Waals surface area contributed by atoms with Crippen LogP contribution in [-0.4, -0.2) is 62.3 Å². The van der Waals surface area contributed by atoms with E-state index in [-0.39, 0.29) is 0 Å². The zero-order valence-corrected chi connectivity index (χ0v) is 19.8. The van der Waals surface area contributed by atoms with Crippen molar-refractivity contribution in [2.24, 2.45) is 0 Å². The average Bonchev–Trinajstić information content (AvgIpc) is 3.19. The second-order valence-corrected chi connectivity index (χ2v) is 10.8. The number of aromatic nitrogens is 2. The van der Waals surface area contributed by atoms with Crippen LogP contribution in [0.1, 0.15) is 11.4 Å². The van der Waals surface area contributed by atoms with Gasteiger partial charge in [0.05, 0.1) is 19.0 Å². The Morgan fingerprint density at radius 2 is 1.08 bits per heavy atom. The van der Waals surface area contributed by atoms with Crippen LogP contribution < -0.4 is 20.4 Å². The molecule has 0 aromatic carbocycles. The Balaban J connectivity index is 0.000000151. The number of thiazole rings is 2. The number of hydrogen-bond acceptors (Lipinski definition) is 8. The molecule has 4 heterocycles. The topological polar surface area (TPSA) is 56.3 Å². The first-order valence-corrected chi connectivity index (χ1v) is 11.9. The number of piperazine rings is 2. The summed E-state index contributed by atoms with van der Waals surface area (Å²) in [6.45, 7) is 12.6. The molecule has 6 nitrogen and oxygen atoms in total. The van der Waals surface area contributed by atoms with Crippen LogP contribution in [0.4, 0.5) is 10.3 Å². The molecule has 0 saturated carbocycles. The number of nitrogens with zero attached hydrogens (tertiary/aromatic N) is 4. The summed E-state index contributed by atoms with van der Waals surface area (Å²) in [5.74, 6) is 0. The molecule has 0 aliphatic carbocycles. The van der Waals surface area contributed by atoms with Crippen LogP contribution >= 0.6 is 54.5 Å². The fourth-order valence-electron chi connectivity index (χ4n) is 2.71. The van der Waals surface area contributed by atoms with Gasteiger partial charge < -0.3 is 20.4 Å². The lowest BCUT2D eigenvalue weighted by Gasteiger charge is -2.26. The van der Waals surface area contributed by atoms with Gasteiger partial charge in [-0.2, -0.15) is 0 Å². The van der Waals surface area contributed by atoms with Crippen LogP contribution in [0.2, 0.25) is 0 Å². The van der Waals surface area contributed by atoms with Crippen molar-refractivity contribution in [2.75, 3.05) is 62.2 Å². The summed E-state index contributed by atoms with van der Waals surface area (Å²) in [4.78, 5) is 13.7. The summed E-state index contributed by atoms with van der Waals surface area (Å²) >= 11 is 10.4. The number of aryl methyl sites for hydroxylation is 2. The van der Waals surface area contributed by atoms with E-state index < -0.39 is 0 Å². The van der Waals surface area contributed by atoms with Gasteiger partial charge in [-0.05, 0) is 45.7 Å². The van der Waals surface area contributed by atoms with Gasteiger partial charge in [-0.3, -0.25) is 0 Å². The minimum absolute atomic E-state index is 1.07. The highest BCUT2D eigenvalue weighted by Gasteiger charge is 2.15. The SMILES string of the molecule is Cc1nc(N2CCNCC2)sc1Br.Cc1nc(N2CCNCC2)sc1Br. The van der Waals surface area contributed by atoms with Crippen molar-refractivity contribution in [1.29, 1.82) is 0 Å². The van der Waals surface area contributed by atoms with E-state index in [4.69, 9.17) is 0 Å². The molecule has 2 saturated heterocycles. The molecule has 0 unspecified atom stereocenters. The van der Waals surface area contributed by atoms with Crippen molar-refractivity contribution in [3.05, 3.63) is 19.0 Å². The van der Waals surface area contributed by atoms with Crippen LogP contribution in [0.15, 0.2) is 7.57 Å². The van der Waals surface area contributed by atoms with Gasteiger partial charge >= 0.3 is 0 Å². The largest absolute Gasteiger partial charge is 0.346 e. The molecule has 0 radical (unpaired) electrons. The van der Waals surface area contributed by atoms with E-state index in [1.807, 2.05) is 13.8 Å². The molecule has 2 aliphatic rings. The average molecular weight is 524 g/mol. The van der Waals surface area contributed by atoms with Gasteiger partial charge in [0.2, 0.25) is 0 Å². The maximum atomic E-state index is 4.50. The van der Waals surface area contributed by atoms with Gasteiger partial charge in [-0.25, -0.2) is 9.97 Å². The smallest absolute Gasteiger partial charge is 0.186 e. The van der Waals surface area contributed by atoms with Crippen LogP contribution in [-0.2, 0) is 0 Å². The van der Waals surface area contributed by atoms with Gasteiger partial charge in [0, 0.05) is 52.4 Å². The van der Waals surface area contributed by atoms with Crippen LogP contribution in [0.25, 0.3) is 0 Å². The molecule has 144 valence electrons. The number of hydrogen-bond donors (Lipinski definition) is 2. The standard InChI is InChI=1S/2C8H12BrN3S/c2*1-6-7(9)13-8(11-6)12-4-2-10-3-5-12/h2*10H,2-5H2,1H3. The van der Waals surface area contributed by atoms with Crippen molar-refractivity contribution >= 4 is 64.8 Å². The molecule has 26 heavy (non-hydrogen) atoms. The van der Waals surface area contributed by atoms with Gasteiger partial charge in [0.25, 0.3) is 0 Å². The molecule has 0 bridgehead atoms. The molecular weight excluding hydrogens is 500 g/mol. The van der Waals surface area contributed by atoms with Crippen molar-refractivity contribution in [2.45, 2.75) is 13.8 Å². The van der Waals surface area contributed by atoms with Crippen molar-refractivity contribution in [3.8, 4) is 0 Å². The van der Waals surface area contributed by atoms with E-state index in [1.54, 1.807) is 22.7 Å². The van der Waals surface area contributed by atoms with Gasteiger partial charge in [-0.1, -0.05) is 22.7 Å². The zero-order valence-electron chi connectivity index (χ0n) is 15.0. The lowest BCUT2D eigenvalue weighted by atomic mass is 10.4.